The molecule has 0 amide bonds. The third-order valence-corrected chi connectivity index (χ3v) is 4.16. The molecule has 5 aromatic rings. The van der Waals surface area contributed by atoms with E-state index in [0.29, 0.717) is 11.8 Å². The topological polar surface area (TPSA) is 89.5 Å². The molecule has 142 valence electrons. The van der Waals surface area contributed by atoms with Crippen LogP contribution in [0.1, 0.15) is 0 Å². The Morgan fingerprint density at radius 2 is 1.66 bits per heavy atom. The molecule has 8 heteroatoms. The van der Waals surface area contributed by atoms with Crippen LogP contribution in [0.15, 0.2) is 90.1 Å². The van der Waals surface area contributed by atoms with E-state index in [2.05, 4.69) is 45.8 Å². The average molecular weight is 447 g/mol. The Bertz CT molecular complexity index is 1170. The van der Waals surface area contributed by atoms with Crippen LogP contribution in [0.3, 0.4) is 0 Å². The molecule has 0 aliphatic heterocycles. The van der Waals surface area contributed by atoms with Crippen LogP contribution in [0.5, 0.6) is 11.8 Å². The summed E-state index contributed by atoms with van der Waals surface area (Å²) in [4.78, 5) is 23.9. The van der Waals surface area contributed by atoms with Crippen LogP contribution < -0.4 is 4.74 Å². The third kappa shape index (κ3) is 4.99. The first-order valence-electron chi connectivity index (χ1n) is 8.69. The molecule has 7 nitrogen and oxygen atoms in total. The summed E-state index contributed by atoms with van der Waals surface area (Å²) >= 11 is 3.40. The van der Waals surface area contributed by atoms with Gasteiger partial charge in [0.1, 0.15) is 17.1 Å². The molecule has 4 aromatic heterocycles. The van der Waals surface area contributed by atoms with Gasteiger partial charge in [0.15, 0.2) is 5.65 Å². The van der Waals surface area contributed by atoms with Gasteiger partial charge in [0.05, 0.1) is 0 Å². The number of aromatic amines is 1. The quantitative estimate of drug-likeness (QED) is 0.416. The number of benzene rings is 1. The zero-order valence-corrected chi connectivity index (χ0v) is 16.7. The van der Waals surface area contributed by atoms with Gasteiger partial charge >= 0.3 is 6.01 Å². The van der Waals surface area contributed by atoms with Gasteiger partial charge < -0.3 is 9.72 Å². The van der Waals surface area contributed by atoms with Crippen molar-refractivity contribution in [3.63, 3.8) is 0 Å². The lowest BCUT2D eigenvalue weighted by Crippen LogP contribution is -1.90. The van der Waals surface area contributed by atoms with E-state index in [9.17, 15) is 0 Å². The average Bonchev–Trinajstić information content (AvgIpc) is 3.20. The molecule has 1 N–H and O–H groups in total. The van der Waals surface area contributed by atoms with Gasteiger partial charge in [0.2, 0.25) is 0 Å². The molecule has 0 bridgehead atoms. The summed E-state index contributed by atoms with van der Waals surface area (Å²) in [5.74, 6) is 1.37. The van der Waals surface area contributed by atoms with Gasteiger partial charge in [-0.15, -0.1) is 0 Å². The zero-order chi connectivity index (χ0) is 19.9. The SMILES string of the molecule is Brc1cnc2[nH]c(-c3cccc(Oc4ncccn4)c3)nc2c1.c1ccncc1. The number of rotatable bonds is 3. The summed E-state index contributed by atoms with van der Waals surface area (Å²) in [6.45, 7) is 0. The fourth-order valence-corrected chi connectivity index (χ4v) is 2.79. The van der Waals surface area contributed by atoms with Crippen molar-refractivity contribution < 1.29 is 4.74 Å². The summed E-state index contributed by atoms with van der Waals surface area (Å²) in [6.07, 6.45) is 8.50. The normalized spacial score (nSPS) is 10.2. The van der Waals surface area contributed by atoms with Crippen molar-refractivity contribution in [2.24, 2.45) is 0 Å². The smallest absolute Gasteiger partial charge is 0.321 e. The van der Waals surface area contributed by atoms with Crippen molar-refractivity contribution in [3.05, 3.63) is 90.1 Å². The highest BCUT2D eigenvalue weighted by Gasteiger charge is 2.08. The van der Waals surface area contributed by atoms with E-state index in [1.165, 1.54) is 0 Å². The minimum absolute atomic E-state index is 0.305. The molecule has 0 unspecified atom stereocenters. The second-order valence-corrected chi connectivity index (χ2v) is 6.71. The standard InChI is InChI=1S/C16H10BrN5O.C5H5N/c17-11-8-13-15(20-9-11)22-14(21-13)10-3-1-4-12(7-10)23-16-18-5-2-6-19-16;1-2-4-6-5-3-1/h1-9H,(H,20,21,22);1-5H. The number of halogens is 1. The fourth-order valence-electron chi connectivity index (χ4n) is 2.47. The predicted octanol–water partition coefficient (Wildman–Crippen LogP) is 5.05. The maximum atomic E-state index is 5.65. The van der Waals surface area contributed by atoms with E-state index >= 15 is 0 Å². The summed E-state index contributed by atoms with van der Waals surface area (Å²) in [5.41, 5.74) is 2.43. The number of fused-ring (bicyclic) bond motifs is 1. The summed E-state index contributed by atoms with van der Waals surface area (Å²) < 4.78 is 6.54. The van der Waals surface area contributed by atoms with E-state index in [4.69, 9.17) is 4.74 Å². The number of hydrogen-bond acceptors (Lipinski definition) is 6. The number of nitrogens with one attached hydrogen (secondary N) is 1. The number of imidazole rings is 1. The Labute approximate surface area is 175 Å². The van der Waals surface area contributed by atoms with Crippen LogP contribution in [-0.2, 0) is 0 Å². The lowest BCUT2D eigenvalue weighted by atomic mass is 10.2. The Morgan fingerprint density at radius 1 is 0.828 bits per heavy atom. The molecule has 0 aliphatic carbocycles. The van der Waals surface area contributed by atoms with E-state index in [0.717, 1.165) is 27.0 Å². The third-order valence-electron chi connectivity index (χ3n) is 3.73. The number of nitrogens with zero attached hydrogens (tertiary/aromatic N) is 5. The number of aromatic nitrogens is 6. The Balaban J connectivity index is 0.000000294. The maximum absolute atomic E-state index is 5.65. The minimum Gasteiger partial charge on any atom is -0.424 e. The highest BCUT2D eigenvalue weighted by atomic mass is 79.9. The largest absolute Gasteiger partial charge is 0.424 e. The van der Waals surface area contributed by atoms with E-state index in [1.807, 2.05) is 48.5 Å². The van der Waals surface area contributed by atoms with Crippen LogP contribution in [0, 0.1) is 0 Å². The van der Waals surface area contributed by atoms with Crippen molar-refractivity contribution in [1.29, 1.82) is 0 Å². The first-order chi connectivity index (χ1) is 14.3. The molecule has 0 aliphatic rings. The Hall–Kier alpha value is -3.65. The monoisotopic (exact) mass is 446 g/mol. The molecule has 0 spiro atoms. The van der Waals surface area contributed by atoms with E-state index in [1.54, 1.807) is 37.1 Å². The fraction of sp³-hybridized carbons (Fsp3) is 0. The molecule has 0 atom stereocenters. The highest BCUT2D eigenvalue weighted by molar-refractivity contribution is 9.10. The van der Waals surface area contributed by atoms with E-state index in [-0.39, 0.29) is 0 Å². The van der Waals surface area contributed by atoms with Crippen molar-refractivity contribution >= 4 is 27.1 Å². The lowest BCUT2D eigenvalue weighted by molar-refractivity contribution is 0.442. The minimum atomic E-state index is 0.305. The van der Waals surface area contributed by atoms with Crippen LogP contribution in [-0.4, -0.2) is 29.9 Å². The molecule has 29 heavy (non-hydrogen) atoms. The zero-order valence-electron chi connectivity index (χ0n) is 15.1. The van der Waals surface area contributed by atoms with E-state index < -0.39 is 0 Å². The van der Waals surface area contributed by atoms with Crippen LogP contribution in [0.4, 0.5) is 0 Å². The molecule has 4 heterocycles. The van der Waals surface area contributed by atoms with Crippen molar-refractivity contribution in [2.45, 2.75) is 0 Å². The summed E-state index contributed by atoms with van der Waals surface area (Å²) in [7, 11) is 0. The molecular weight excluding hydrogens is 432 g/mol. The van der Waals surface area contributed by atoms with Crippen LogP contribution >= 0.6 is 15.9 Å². The van der Waals surface area contributed by atoms with Crippen molar-refractivity contribution in [2.75, 3.05) is 0 Å². The van der Waals surface area contributed by atoms with Gasteiger partial charge in [-0.05, 0) is 52.3 Å². The molecule has 0 saturated carbocycles. The first-order valence-corrected chi connectivity index (χ1v) is 9.49. The van der Waals surface area contributed by atoms with Gasteiger partial charge in [-0.3, -0.25) is 4.98 Å². The molecule has 0 saturated heterocycles. The molecule has 0 fully saturated rings. The number of ether oxygens (including phenoxy) is 1. The summed E-state index contributed by atoms with van der Waals surface area (Å²) in [6, 6.07) is 17.2. The van der Waals surface area contributed by atoms with Crippen molar-refractivity contribution in [1.82, 2.24) is 29.9 Å². The second kappa shape index (κ2) is 9.03. The van der Waals surface area contributed by atoms with Gasteiger partial charge in [-0.25, -0.2) is 19.9 Å². The van der Waals surface area contributed by atoms with Gasteiger partial charge in [0, 0.05) is 41.0 Å². The second-order valence-electron chi connectivity index (χ2n) is 5.79. The number of pyridine rings is 2. The van der Waals surface area contributed by atoms with Gasteiger partial charge in [0.25, 0.3) is 0 Å². The highest BCUT2D eigenvalue weighted by Crippen LogP contribution is 2.26. The molecule has 0 radical (unpaired) electrons. The molecule has 5 rings (SSSR count). The predicted molar refractivity (Wildman–Crippen MR) is 113 cm³/mol. The van der Waals surface area contributed by atoms with Crippen LogP contribution in [0.25, 0.3) is 22.6 Å². The van der Waals surface area contributed by atoms with Gasteiger partial charge in [-0.1, -0.05) is 18.2 Å². The first kappa shape index (κ1) is 18.7. The van der Waals surface area contributed by atoms with Crippen molar-refractivity contribution in [3.8, 4) is 23.1 Å². The number of hydrogen-bond donors (Lipinski definition) is 1. The van der Waals surface area contributed by atoms with Crippen LogP contribution in [0.2, 0.25) is 0 Å². The summed E-state index contributed by atoms with van der Waals surface area (Å²) in [5, 5.41) is 0. The molecule has 1 aromatic carbocycles. The maximum Gasteiger partial charge on any atom is 0.321 e. The Kier molecular flexibility index (Phi) is 5.82. The molecular formula is C21H15BrN6O. The van der Waals surface area contributed by atoms with Gasteiger partial charge in [-0.2, -0.15) is 0 Å². The lowest BCUT2D eigenvalue weighted by Gasteiger charge is -2.04. The Morgan fingerprint density at radius 3 is 2.38 bits per heavy atom. The number of H-pyrrole nitrogens is 1.